The van der Waals surface area contributed by atoms with Gasteiger partial charge in [-0.2, -0.15) is 0 Å². The minimum Gasteiger partial charge on any atom is -0.466 e. The Kier molecular flexibility index (Phi) is 16.8. The van der Waals surface area contributed by atoms with Gasteiger partial charge in [0.2, 0.25) is 0 Å². The molecule has 2 heterocycles. The number of carbonyl (C=O) groups excluding carboxylic acids is 2. The molecule has 0 aliphatic heterocycles. The number of carbonyl (C=O) groups is 2. The Morgan fingerprint density at radius 2 is 1.68 bits per heavy atom. The van der Waals surface area contributed by atoms with Crippen LogP contribution in [0, 0.1) is 11.8 Å². The molecule has 0 aromatic carbocycles. The number of H-pyrrole nitrogens is 1. The molecule has 0 saturated carbocycles. The first kappa shape index (κ1) is 33.4. The Balaban J connectivity index is 1.64. The SMILES string of the molecule is CCCCCCC=CCCCCCCCC(=O)OCCC(COC(=O)[C@@H](N)C(C)C)Cc1ncc2[nH]cnc2n1. The maximum Gasteiger partial charge on any atom is 0.323 e. The lowest BCUT2D eigenvalue weighted by atomic mass is 10.0. The van der Waals surface area contributed by atoms with Crippen LogP contribution in [-0.4, -0.2) is 51.1 Å². The van der Waals surface area contributed by atoms with E-state index in [9.17, 15) is 9.59 Å². The lowest BCUT2D eigenvalue weighted by molar-refractivity contribution is -0.149. The van der Waals surface area contributed by atoms with E-state index in [1.807, 2.05) is 13.8 Å². The van der Waals surface area contributed by atoms with Gasteiger partial charge in [0.1, 0.15) is 17.4 Å². The first-order valence-electron chi connectivity index (χ1n) is 15.3. The van der Waals surface area contributed by atoms with Crippen molar-refractivity contribution >= 4 is 23.1 Å². The molecule has 0 spiro atoms. The monoisotopic (exact) mass is 557 g/mol. The molecule has 2 aromatic heterocycles. The maximum atomic E-state index is 12.3. The summed E-state index contributed by atoms with van der Waals surface area (Å²) >= 11 is 0. The van der Waals surface area contributed by atoms with Gasteiger partial charge in [0, 0.05) is 18.8 Å². The van der Waals surface area contributed by atoms with E-state index in [0.717, 1.165) is 31.2 Å². The Labute approximate surface area is 240 Å². The highest BCUT2D eigenvalue weighted by atomic mass is 16.5. The van der Waals surface area contributed by atoms with E-state index in [1.54, 1.807) is 12.5 Å². The molecule has 2 aromatic rings. The van der Waals surface area contributed by atoms with E-state index < -0.39 is 12.0 Å². The first-order valence-corrected chi connectivity index (χ1v) is 15.3. The number of esters is 2. The molecule has 0 bridgehead atoms. The molecule has 0 radical (unpaired) electrons. The smallest absolute Gasteiger partial charge is 0.323 e. The zero-order valence-electron chi connectivity index (χ0n) is 24.9. The van der Waals surface area contributed by atoms with Crippen molar-refractivity contribution in [3.05, 3.63) is 30.5 Å². The second kappa shape index (κ2) is 20.1. The largest absolute Gasteiger partial charge is 0.466 e. The molecule has 224 valence electrons. The minimum absolute atomic E-state index is 0.0146. The predicted octanol–water partition coefficient (Wildman–Crippen LogP) is 6.23. The third-order valence-electron chi connectivity index (χ3n) is 7.08. The van der Waals surface area contributed by atoms with Crippen LogP contribution in [0.1, 0.15) is 110 Å². The van der Waals surface area contributed by atoms with Crippen LogP contribution in [0.3, 0.4) is 0 Å². The summed E-state index contributed by atoms with van der Waals surface area (Å²) in [6.45, 7) is 6.42. The Hall–Kier alpha value is -2.81. The zero-order chi connectivity index (χ0) is 29.0. The minimum atomic E-state index is -0.674. The van der Waals surface area contributed by atoms with Crippen LogP contribution < -0.4 is 5.73 Å². The van der Waals surface area contributed by atoms with Crippen molar-refractivity contribution < 1.29 is 19.1 Å². The summed E-state index contributed by atoms with van der Waals surface area (Å²) in [7, 11) is 0. The molecule has 0 aliphatic carbocycles. The molecule has 3 N–H and O–H groups in total. The van der Waals surface area contributed by atoms with Crippen molar-refractivity contribution in [3.8, 4) is 0 Å². The molecule has 2 atom stereocenters. The molecule has 40 heavy (non-hydrogen) atoms. The summed E-state index contributed by atoms with van der Waals surface area (Å²) in [6.07, 6.45) is 22.4. The van der Waals surface area contributed by atoms with Gasteiger partial charge >= 0.3 is 11.9 Å². The Morgan fingerprint density at radius 3 is 2.40 bits per heavy atom. The van der Waals surface area contributed by atoms with Gasteiger partial charge in [-0.1, -0.05) is 71.4 Å². The third-order valence-corrected chi connectivity index (χ3v) is 7.08. The predicted molar refractivity (Wildman–Crippen MR) is 158 cm³/mol. The van der Waals surface area contributed by atoms with Gasteiger partial charge in [-0.05, 0) is 44.4 Å². The highest BCUT2D eigenvalue weighted by Gasteiger charge is 2.22. The van der Waals surface area contributed by atoms with E-state index in [4.69, 9.17) is 15.2 Å². The maximum absolute atomic E-state index is 12.3. The normalized spacial score (nSPS) is 13.2. The van der Waals surface area contributed by atoms with Gasteiger partial charge in [-0.15, -0.1) is 0 Å². The van der Waals surface area contributed by atoms with Gasteiger partial charge in [0.05, 0.1) is 25.7 Å². The number of ether oxygens (including phenoxy) is 2. The molecule has 0 aliphatic rings. The van der Waals surface area contributed by atoms with Crippen molar-refractivity contribution in [1.29, 1.82) is 0 Å². The zero-order valence-corrected chi connectivity index (χ0v) is 24.9. The highest BCUT2D eigenvalue weighted by Crippen LogP contribution is 2.15. The number of nitrogens with two attached hydrogens (primary N) is 1. The first-order chi connectivity index (χ1) is 19.4. The quantitative estimate of drug-likeness (QED) is 0.0989. The molecule has 0 amide bonds. The van der Waals surface area contributed by atoms with E-state index in [0.29, 0.717) is 30.7 Å². The molecular weight excluding hydrogens is 506 g/mol. The van der Waals surface area contributed by atoms with Crippen molar-refractivity contribution in [1.82, 2.24) is 19.9 Å². The fourth-order valence-corrected chi connectivity index (χ4v) is 4.34. The van der Waals surface area contributed by atoms with Crippen LogP contribution in [0.2, 0.25) is 0 Å². The van der Waals surface area contributed by atoms with Crippen molar-refractivity contribution in [2.24, 2.45) is 17.6 Å². The van der Waals surface area contributed by atoms with Crippen LogP contribution in [0.5, 0.6) is 0 Å². The van der Waals surface area contributed by atoms with E-state index >= 15 is 0 Å². The number of nitrogens with one attached hydrogen (secondary N) is 1. The number of aromatic nitrogens is 4. The van der Waals surface area contributed by atoms with E-state index in [2.05, 4.69) is 39.0 Å². The number of hydrogen-bond donors (Lipinski definition) is 2. The van der Waals surface area contributed by atoms with Gasteiger partial charge in [0.25, 0.3) is 0 Å². The summed E-state index contributed by atoms with van der Waals surface area (Å²) in [4.78, 5) is 40.6. The van der Waals surface area contributed by atoms with Crippen LogP contribution >= 0.6 is 0 Å². The number of rotatable bonds is 22. The standard InChI is InChI=1S/C31H51N5O4/c1-4-5-6-7-8-9-10-11-12-13-14-15-16-17-28(37)39-19-18-25(22-40-31(38)29(32)24(2)3)20-27-33-21-26-30(36-27)35-23-34-26/h9-10,21,23-25,29H,4-8,11-20,22,32H2,1-3H3,(H,33,34,35,36)/t25?,29-/m0/s1. The van der Waals surface area contributed by atoms with Crippen LogP contribution in [-0.2, 0) is 25.5 Å². The molecule has 9 nitrogen and oxygen atoms in total. The van der Waals surface area contributed by atoms with Crippen LogP contribution in [0.25, 0.3) is 11.2 Å². The Morgan fingerprint density at radius 1 is 0.975 bits per heavy atom. The lowest BCUT2D eigenvalue weighted by Crippen LogP contribution is -2.38. The summed E-state index contributed by atoms with van der Waals surface area (Å²) in [6, 6.07) is -0.674. The molecule has 0 fully saturated rings. The number of allylic oxidation sites excluding steroid dienone is 2. The number of aromatic amines is 1. The summed E-state index contributed by atoms with van der Waals surface area (Å²) in [5, 5.41) is 0. The number of nitrogens with zero attached hydrogens (tertiary/aromatic N) is 3. The average molecular weight is 558 g/mol. The number of fused-ring (bicyclic) bond motifs is 1. The number of hydrogen-bond acceptors (Lipinski definition) is 8. The molecule has 2 rings (SSSR count). The van der Waals surface area contributed by atoms with Gasteiger partial charge in [-0.3, -0.25) is 9.59 Å². The fraction of sp³-hybridized carbons (Fsp3) is 0.710. The number of unbranched alkanes of at least 4 members (excludes halogenated alkanes) is 9. The molecule has 1 unspecified atom stereocenters. The molecule has 9 heteroatoms. The Bertz CT molecular complexity index is 1010. The van der Waals surface area contributed by atoms with Crippen LogP contribution in [0.15, 0.2) is 24.7 Å². The summed E-state index contributed by atoms with van der Waals surface area (Å²) in [5.74, 6) is -0.142. The second-order valence-corrected chi connectivity index (χ2v) is 11.0. The molecular formula is C31H51N5O4. The van der Waals surface area contributed by atoms with E-state index in [-0.39, 0.29) is 31.0 Å². The van der Waals surface area contributed by atoms with Gasteiger partial charge in [-0.25, -0.2) is 15.0 Å². The van der Waals surface area contributed by atoms with Gasteiger partial charge in [0.15, 0.2) is 5.65 Å². The van der Waals surface area contributed by atoms with Crippen molar-refractivity contribution in [2.75, 3.05) is 13.2 Å². The summed E-state index contributed by atoms with van der Waals surface area (Å²) in [5.41, 5.74) is 7.27. The fourth-order valence-electron chi connectivity index (χ4n) is 4.34. The summed E-state index contributed by atoms with van der Waals surface area (Å²) < 4.78 is 11.0. The van der Waals surface area contributed by atoms with E-state index in [1.165, 1.54) is 44.9 Å². The highest BCUT2D eigenvalue weighted by molar-refractivity contribution is 5.75. The lowest BCUT2D eigenvalue weighted by Gasteiger charge is -2.19. The average Bonchev–Trinajstić information content (AvgIpc) is 3.41. The third kappa shape index (κ3) is 14.0. The van der Waals surface area contributed by atoms with Gasteiger partial charge < -0.3 is 20.2 Å². The van der Waals surface area contributed by atoms with Crippen LogP contribution in [0.4, 0.5) is 0 Å². The van der Waals surface area contributed by atoms with Crippen molar-refractivity contribution in [2.45, 2.75) is 117 Å². The topological polar surface area (TPSA) is 133 Å². The molecule has 0 saturated heterocycles. The van der Waals surface area contributed by atoms with Crippen molar-refractivity contribution in [3.63, 3.8) is 0 Å². The second-order valence-electron chi connectivity index (χ2n) is 11.0. The number of imidazole rings is 1.